The predicted octanol–water partition coefficient (Wildman–Crippen LogP) is 3.94. The minimum atomic E-state index is -1.45. The van der Waals surface area contributed by atoms with Crippen LogP contribution < -0.4 is 10.6 Å². The Morgan fingerprint density at radius 1 is 1.36 bits per heavy atom. The van der Waals surface area contributed by atoms with Gasteiger partial charge in [-0.3, -0.25) is 5.10 Å². The molecule has 0 aromatic carbocycles. The quantitative estimate of drug-likeness (QED) is 0.705. The van der Waals surface area contributed by atoms with E-state index in [1.54, 1.807) is 18.3 Å². The molecule has 1 saturated heterocycles. The molecule has 1 aliphatic heterocycles. The molecule has 0 aliphatic carbocycles. The lowest BCUT2D eigenvalue weighted by Gasteiger charge is -2.39. The van der Waals surface area contributed by atoms with Gasteiger partial charge in [-0.1, -0.05) is 0 Å². The van der Waals surface area contributed by atoms with E-state index >= 15 is 0 Å². The number of nitrogens with one attached hydrogen (secondary N) is 1. The van der Waals surface area contributed by atoms with Crippen LogP contribution in [0.25, 0.3) is 22.4 Å². The second kappa shape index (κ2) is 7.09. The van der Waals surface area contributed by atoms with Gasteiger partial charge in [0.05, 0.1) is 5.69 Å². The third-order valence-corrected chi connectivity index (χ3v) is 5.48. The number of hydrogen-bond acceptors (Lipinski definition) is 5. The Hall–Kier alpha value is -2.61. The van der Waals surface area contributed by atoms with Crippen LogP contribution in [-0.4, -0.2) is 45.0 Å². The minimum absolute atomic E-state index is 0. The maximum atomic E-state index is 14.6. The Bertz CT molecular complexity index is 991. The van der Waals surface area contributed by atoms with Gasteiger partial charge in [0.15, 0.2) is 11.5 Å². The molecule has 6 nitrogen and oxygen atoms in total. The zero-order valence-corrected chi connectivity index (χ0v) is 16.0. The van der Waals surface area contributed by atoms with E-state index in [0.717, 1.165) is 19.4 Å². The van der Waals surface area contributed by atoms with E-state index in [-0.39, 0.29) is 14.5 Å². The largest absolute Gasteiger partial charge is 0.356 e. The molecule has 1 fully saturated rings. The number of anilines is 1. The van der Waals surface area contributed by atoms with Crippen molar-refractivity contribution in [2.75, 3.05) is 18.0 Å². The van der Waals surface area contributed by atoms with Gasteiger partial charge in [0.25, 0.3) is 0 Å². The number of alkyl halides is 1. The average Bonchev–Trinajstić information content (AvgIpc) is 3.11. The molecule has 0 amide bonds. The zero-order valence-electron chi connectivity index (χ0n) is 16.0. The van der Waals surface area contributed by atoms with Crippen molar-refractivity contribution < 1.29 is 11.6 Å². The predicted molar refractivity (Wildman–Crippen MR) is 109 cm³/mol. The first kappa shape index (κ1) is 18.7. The average molecular weight is 390 g/mol. The van der Waals surface area contributed by atoms with Crippen molar-refractivity contribution in [3.8, 4) is 11.4 Å². The van der Waals surface area contributed by atoms with Gasteiger partial charge in [0.1, 0.15) is 17.2 Å². The number of piperidine rings is 1. The number of nitrogens with two attached hydrogens (primary N) is 1. The van der Waals surface area contributed by atoms with Crippen LogP contribution in [0.4, 0.5) is 14.6 Å². The highest BCUT2D eigenvalue weighted by Gasteiger charge is 2.35. The number of H-pyrrole nitrogens is 1. The van der Waals surface area contributed by atoms with Crippen LogP contribution in [0.5, 0.6) is 0 Å². The van der Waals surface area contributed by atoms with Gasteiger partial charge in [-0.15, -0.1) is 0 Å². The van der Waals surface area contributed by atoms with E-state index < -0.39 is 17.5 Å². The third kappa shape index (κ3) is 3.44. The van der Waals surface area contributed by atoms with Gasteiger partial charge in [0, 0.05) is 33.6 Å². The number of nitrogens with zero attached hydrogens (tertiary/aromatic N) is 4. The van der Waals surface area contributed by atoms with Crippen LogP contribution in [0.15, 0.2) is 30.5 Å². The number of rotatable bonds is 4. The standard InChI is InChI=1S/C20H24F2N6.2H2/c1-20(2,22)18(23)12-5-4-10-28(11-12)15-8-7-14(21)17(25-15)16-13-6-3-9-24-19(13)27-26-16;;/h3,6-9,12,18H,4-5,10-11,23H2,1-2H3,(H,24,26,27);2*1H. The van der Waals surface area contributed by atoms with Gasteiger partial charge in [-0.05, 0) is 56.9 Å². The molecule has 2 atom stereocenters. The van der Waals surface area contributed by atoms with Gasteiger partial charge in [-0.2, -0.15) is 5.10 Å². The Labute approximate surface area is 165 Å². The fraction of sp³-hybridized carbons (Fsp3) is 0.450. The SMILES string of the molecule is CC(C)(F)C(N)C1CCCN(c2ccc(F)c(-c3[nH]nc4ncccc34)n2)C1.[HH].[HH]. The highest BCUT2D eigenvalue weighted by molar-refractivity contribution is 5.89. The molecule has 28 heavy (non-hydrogen) atoms. The summed E-state index contributed by atoms with van der Waals surface area (Å²) in [5.74, 6) is 0.228. The van der Waals surface area contributed by atoms with Gasteiger partial charge < -0.3 is 10.6 Å². The van der Waals surface area contributed by atoms with E-state index in [1.165, 1.54) is 19.9 Å². The maximum Gasteiger partial charge on any atom is 0.181 e. The molecule has 152 valence electrons. The summed E-state index contributed by atoms with van der Waals surface area (Å²) in [6.07, 6.45) is 3.40. The molecule has 0 spiro atoms. The Morgan fingerprint density at radius 2 is 2.18 bits per heavy atom. The topological polar surface area (TPSA) is 83.7 Å². The molecule has 0 bridgehead atoms. The fourth-order valence-electron chi connectivity index (χ4n) is 3.89. The van der Waals surface area contributed by atoms with E-state index in [1.807, 2.05) is 6.07 Å². The number of aromatic amines is 1. The number of halogens is 2. The lowest BCUT2D eigenvalue weighted by Crippen LogP contribution is -2.51. The number of aromatic nitrogens is 4. The van der Waals surface area contributed by atoms with Crippen molar-refractivity contribution in [3.63, 3.8) is 0 Å². The Kier molecular flexibility index (Phi) is 4.74. The molecule has 8 heteroatoms. The molecular formula is C20H28F2N6. The molecule has 4 rings (SSSR count). The van der Waals surface area contributed by atoms with Gasteiger partial charge in [0.2, 0.25) is 0 Å². The molecule has 4 heterocycles. The van der Waals surface area contributed by atoms with Crippen molar-refractivity contribution in [3.05, 3.63) is 36.3 Å². The molecule has 0 radical (unpaired) electrons. The van der Waals surface area contributed by atoms with Crippen molar-refractivity contribution in [1.29, 1.82) is 0 Å². The van der Waals surface area contributed by atoms with Crippen LogP contribution in [0, 0.1) is 11.7 Å². The normalized spacial score (nSPS) is 19.2. The second-order valence-electron chi connectivity index (χ2n) is 7.91. The van der Waals surface area contributed by atoms with Crippen LogP contribution in [0.1, 0.15) is 29.5 Å². The van der Waals surface area contributed by atoms with Gasteiger partial charge >= 0.3 is 0 Å². The van der Waals surface area contributed by atoms with Crippen molar-refractivity contribution in [2.24, 2.45) is 11.7 Å². The highest BCUT2D eigenvalue weighted by Crippen LogP contribution is 2.31. The Morgan fingerprint density at radius 3 is 2.96 bits per heavy atom. The molecule has 3 N–H and O–H groups in total. The third-order valence-electron chi connectivity index (χ3n) is 5.48. The first-order valence-corrected chi connectivity index (χ1v) is 9.50. The van der Waals surface area contributed by atoms with Crippen molar-refractivity contribution in [2.45, 2.75) is 38.4 Å². The fourth-order valence-corrected chi connectivity index (χ4v) is 3.89. The highest BCUT2D eigenvalue weighted by atomic mass is 19.1. The molecule has 2 unspecified atom stereocenters. The smallest absolute Gasteiger partial charge is 0.181 e. The van der Waals surface area contributed by atoms with Crippen LogP contribution in [0.2, 0.25) is 0 Å². The summed E-state index contributed by atoms with van der Waals surface area (Å²) in [7, 11) is 0. The summed E-state index contributed by atoms with van der Waals surface area (Å²) in [6.45, 7) is 4.40. The number of pyridine rings is 2. The number of fused-ring (bicyclic) bond motifs is 1. The lowest BCUT2D eigenvalue weighted by molar-refractivity contribution is 0.126. The van der Waals surface area contributed by atoms with Crippen LogP contribution in [0.3, 0.4) is 0 Å². The minimum Gasteiger partial charge on any atom is -0.356 e. The summed E-state index contributed by atoms with van der Waals surface area (Å²) in [4.78, 5) is 10.8. The summed E-state index contributed by atoms with van der Waals surface area (Å²) in [5.41, 5.74) is 5.92. The van der Waals surface area contributed by atoms with Crippen LogP contribution >= 0.6 is 0 Å². The van der Waals surface area contributed by atoms with Crippen molar-refractivity contribution in [1.82, 2.24) is 20.2 Å². The summed E-state index contributed by atoms with van der Waals surface area (Å²) in [6, 6.07) is 6.11. The van der Waals surface area contributed by atoms with Gasteiger partial charge in [-0.25, -0.2) is 18.7 Å². The summed E-state index contributed by atoms with van der Waals surface area (Å²) < 4.78 is 28.9. The monoisotopic (exact) mass is 390 g/mol. The zero-order chi connectivity index (χ0) is 19.9. The molecule has 3 aromatic rings. The molecule has 0 saturated carbocycles. The summed E-state index contributed by atoms with van der Waals surface area (Å²) in [5, 5.41) is 7.68. The Balaban J connectivity index is 0.00000160. The summed E-state index contributed by atoms with van der Waals surface area (Å²) >= 11 is 0. The van der Waals surface area contributed by atoms with E-state index in [0.29, 0.717) is 29.1 Å². The molecule has 1 aliphatic rings. The first-order valence-electron chi connectivity index (χ1n) is 9.50. The van der Waals surface area contributed by atoms with Crippen LogP contribution in [-0.2, 0) is 0 Å². The van der Waals surface area contributed by atoms with Crippen molar-refractivity contribution >= 4 is 16.9 Å². The van der Waals surface area contributed by atoms with E-state index in [9.17, 15) is 8.78 Å². The molecule has 3 aromatic heterocycles. The van der Waals surface area contributed by atoms with E-state index in [2.05, 4.69) is 25.1 Å². The maximum absolute atomic E-state index is 14.6. The second-order valence-corrected chi connectivity index (χ2v) is 7.91. The lowest BCUT2D eigenvalue weighted by atomic mass is 9.83. The first-order chi connectivity index (χ1) is 13.3. The van der Waals surface area contributed by atoms with E-state index in [4.69, 9.17) is 5.73 Å². The molecular weight excluding hydrogens is 362 g/mol. The number of hydrogen-bond donors (Lipinski definition) is 2.